The highest BCUT2D eigenvalue weighted by atomic mass is 16.5. The van der Waals surface area contributed by atoms with Crippen molar-refractivity contribution in [2.24, 2.45) is 0 Å². The Morgan fingerprint density at radius 3 is 2.09 bits per heavy atom. The van der Waals surface area contributed by atoms with Crippen LogP contribution in [0.4, 0.5) is 0 Å². The molecule has 0 aliphatic heterocycles. The van der Waals surface area contributed by atoms with Crippen LogP contribution >= 0.6 is 0 Å². The van der Waals surface area contributed by atoms with Gasteiger partial charge in [-0.05, 0) is 41.1 Å². The molecule has 0 saturated carbocycles. The summed E-state index contributed by atoms with van der Waals surface area (Å²) in [7, 11) is 1.67. The third-order valence-electron chi connectivity index (χ3n) is 3.78. The maximum absolute atomic E-state index is 5.61. The molecule has 4 aromatic rings. The zero-order valence-corrected chi connectivity index (χ0v) is 12.1. The number of benzene rings is 2. The van der Waals surface area contributed by atoms with Crippen LogP contribution in [0.15, 0.2) is 76.0 Å². The van der Waals surface area contributed by atoms with Crippen LogP contribution in [-0.2, 0) is 0 Å². The smallest absolute Gasteiger partial charge is 0.138 e. The molecular formula is C19H14O3. The Morgan fingerprint density at radius 1 is 0.773 bits per heavy atom. The van der Waals surface area contributed by atoms with Crippen LogP contribution in [-0.4, -0.2) is 7.11 Å². The Morgan fingerprint density at radius 2 is 1.45 bits per heavy atom. The summed E-state index contributed by atoms with van der Waals surface area (Å²) in [4.78, 5) is 0. The van der Waals surface area contributed by atoms with Crippen LogP contribution in [0.25, 0.3) is 33.4 Å². The molecule has 0 fully saturated rings. The molecule has 22 heavy (non-hydrogen) atoms. The summed E-state index contributed by atoms with van der Waals surface area (Å²) in [5.41, 5.74) is 1.96. The lowest BCUT2D eigenvalue weighted by molar-refractivity contribution is 0.415. The average Bonchev–Trinajstić information content (AvgIpc) is 3.26. The van der Waals surface area contributed by atoms with Gasteiger partial charge in [-0.15, -0.1) is 0 Å². The van der Waals surface area contributed by atoms with Gasteiger partial charge in [0.05, 0.1) is 25.2 Å². The summed E-state index contributed by atoms with van der Waals surface area (Å²) in [5.74, 6) is 2.37. The fraction of sp³-hybridized carbons (Fsp3) is 0.0526. The lowest BCUT2D eigenvalue weighted by Gasteiger charge is -2.13. The molecule has 108 valence electrons. The molecule has 0 radical (unpaired) electrons. The molecule has 0 aliphatic rings. The number of ether oxygens (including phenoxy) is 1. The first-order chi connectivity index (χ1) is 10.9. The van der Waals surface area contributed by atoms with Gasteiger partial charge in [0.1, 0.15) is 17.3 Å². The van der Waals surface area contributed by atoms with Crippen molar-refractivity contribution in [1.29, 1.82) is 0 Å². The molecule has 2 aromatic carbocycles. The molecule has 0 unspecified atom stereocenters. The first-order valence-electron chi connectivity index (χ1n) is 7.06. The van der Waals surface area contributed by atoms with Crippen molar-refractivity contribution in [2.45, 2.75) is 0 Å². The van der Waals surface area contributed by atoms with Gasteiger partial charge in [-0.1, -0.05) is 24.3 Å². The van der Waals surface area contributed by atoms with E-state index >= 15 is 0 Å². The van der Waals surface area contributed by atoms with Gasteiger partial charge in [0.15, 0.2) is 0 Å². The maximum atomic E-state index is 5.61. The minimum absolute atomic E-state index is 0.764. The second kappa shape index (κ2) is 5.11. The fourth-order valence-corrected chi connectivity index (χ4v) is 2.82. The lowest BCUT2D eigenvalue weighted by atomic mass is 9.96. The molecule has 0 aliphatic carbocycles. The van der Waals surface area contributed by atoms with Crippen molar-refractivity contribution >= 4 is 10.8 Å². The van der Waals surface area contributed by atoms with E-state index in [1.54, 1.807) is 19.6 Å². The number of hydrogen-bond acceptors (Lipinski definition) is 3. The van der Waals surface area contributed by atoms with Gasteiger partial charge < -0.3 is 13.6 Å². The minimum Gasteiger partial charge on any atom is -0.496 e. The molecule has 0 atom stereocenters. The van der Waals surface area contributed by atoms with E-state index in [2.05, 4.69) is 12.1 Å². The summed E-state index contributed by atoms with van der Waals surface area (Å²) in [5, 5.41) is 2.17. The topological polar surface area (TPSA) is 35.5 Å². The van der Waals surface area contributed by atoms with Gasteiger partial charge in [0, 0.05) is 5.56 Å². The summed E-state index contributed by atoms with van der Waals surface area (Å²) in [6.07, 6.45) is 3.35. The molecule has 0 saturated heterocycles. The van der Waals surface area contributed by atoms with Gasteiger partial charge in [0.2, 0.25) is 0 Å². The number of methoxy groups -OCH3 is 1. The second-order valence-electron chi connectivity index (χ2n) is 5.00. The van der Waals surface area contributed by atoms with Gasteiger partial charge in [0.25, 0.3) is 0 Å². The number of rotatable bonds is 3. The number of furan rings is 2. The van der Waals surface area contributed by atoms with Crippen molar-refractivity contribution in [3.63, 3.8) is 0 Å². The number of hydrogen-bond donors (Lipinski definition) is 0. The van der Waals surface area contributed by atoms with Crippen LogP contribution in [0.5, 0.6) is 5.75 Å². The standard InChI is InChI=1S/C19H14O3/c1-20-18-12-15(16-8-4-10-21-16)13-6-2-3-7-14(13)19(18)17-9-5-11-22-17/h2-12H,1H3. The van der Waals surface area contributed by atoms with Gasteiger partial charge in [-0.3, -0.25) is 0 Å². The van der Waals surface area contributed by atoms with Crippen LogP contribution in [0.1, 0.15) is 0 Å². The highest BCUT2D eigenvalue weighted by molar-refractivity contribution is 6.06. The zero-order valence-electron chi connectivity index (χ0n) is 12.1. The first-order valence-corrected chi connectivity index (χ1v) is 7.06. The van der Waals surface area contributed by atoms with Crippen molar-refractivity contribution in [1.82, 2.24) is 0 Å². The normalized spacial score (nSPS) is 11.0. The molecule has 0 amide bonds. The molecule has 3 nitrogen and oxygen atoms in total. The zero-order chi connectivity index (χ0) is 14.9. The molecule has 0 spiro atoms. The van der Waals surface area contributed by atoms with Gasteiger partial charge in [-0.25, -0.2) is 0 Å². The summed E-state index contributed by atoms with van der Waals surface area (Å²) in [6, 6.07) is 17.8. The average molecular weight is 290 g/mol. The Hall–Kier alpha value is -2.94. The summed E-state index contributed by atoms with van der Waals surface area (Å²) in [6.45, 7) is 0. The Balaban J connectivity index is 2.12. The number of fused-ring (bicyclic) bond motifs is 1. The van der Waals surface area contributed by atoms with Crippen molar-refractivity contribution in [3.8, 4) is 28.4 Å². The Kier molecular flexibility index (Phi) is 2.97. The van der Waals surface area contributed by atoms with Crippen LogP contribution < -0.4 is 4.74 Å². The monoisotopic (exact) mass is 290 g/mol. The second-order valence-corrected chi connectivity index (χ2v) is 5.00. The highest BCUT2D eigenvalue weighted by Crippen LogP contribution is 2.42. The van der Waals surface area contributed by atoms with Crippen LogP contribution in [0, 0.1) is 0 Å². The molecule has 4 rings (SSSR count). The van der Waals surface area contributed by atoms with E-state index in [4.69, 9.17) is 13.6 Å². The van der Waals surface area contributed by atoms with E-state index < -0.39 is 0 Å². The Bertz CT molecular complexity index is 903. The SMILES string of the molecule is COc1cc(-c2ccco2)c2ccccc2c1-c1ccco1. The van der Waals surface area contributed by atoms with E-state index in [1.807, 2.05) is 42.5 Å². The summed E-state index contributed by atoms with van der Waals surface area (Å²) < 4.78 is 16.8. The largest absolute Gasteiger partial charge is 0.496 e. The molecule has 0 N–H and O–H groups in total. The molecular weight excluding hydrogens is 276 g/mol. The first kappa shape index (κ1) is 12.8. The van der Waals surface area contributed by atoms with Crippen molar-refractivity contribution in [3.05, 3.63) is 67.1 Å². The minimum atomic E-state index is 0.764. The quantitative estimate of drug-likeness (QED) is 0.509. The van der Waals surface area contributed by atoms with Crippen molar-refractivity contribution in [2.75, 3.05) is 7.11 Å². The Labute approximate surface area is 127 Å². The third-order valence-corrected chi connectivity index (χ3v) is 3.78. The van der Waals surface area contributed by atoms with E-state index in [1.165, 1.54) is 0 Å². The summed E-state index contributed by atoms with van der Waals surface area (Å²) >= 11 is 0. The van der Waals surface area contributed by atoms with Gasteiger partial charge in [-0.2, -0.15) is 0 Å². The molecule has 3 heteroatoms. The van der Waals surface area contributed by atoms with Crippen molar-refractivity contribution < 1.29 is 13.6 Å². The van der Waals surface area contributed by atoms with Crippen LogP contribution in [0.3, 0.4) is 0 Å². The highest BCUT2D eigenvalue weighted by Gasteiger charge is 2.17. The lowest BCUT2D eigenvalue weighted by Crippen LogP contribution is -1.91. The van der Waals surface area contributed by atoms with Crippen LogP contribution in [0.2, 0.25) is 0 Å². The van der Waals surface area contributed by atoms with E-state index in [9.17, 15) is 0 Å². The predicted molar refractivity (Wildman–Crippen MR) is 85.9 cm³/mol. The van der Waals surface area contributed by atoms with E-state index in [-0.39, 0.29) is 0 Å². The molecule has 2 heterocycles. The molecule has 0 bridgehead atoms. The van der Waals surface area contributed by atoms with E-state index in [0.29, 0.717) is 0 Å². The molecule has 2 aromatic heterocycles. The van der Waals surface area contributed by atoms with Gasteiger partial charge >= 0.3 is 0 Å². The maximum Gasteiger partial charge on any atom is 0.138 e. The fourth-order valence-electron chi connectivity index (χ4n) is 2.82. The predicted octanol–water partition coefficient (Wildman–Crippen LogP) is 5.37. The van der Waals surface area contributed by atoms with E-state index in [0.717, 1.165) is 39.2 Å². The third kappa shape index (κ3) is 1.91.